The number of carbonyl (C=O) groups is 2. The van der Waals surface area contributed by atoms with Gasteiger partial charge in [0.1, 0.15) is 5.76 Å². The minimum Gasteiger partial charge on any atom is -0.507 e. The summed E-state index contributed by atoms with van der Waals surface area (Å²) in [5.74, 6) is -0.709. The van der Waals surface area contributed by atoms with E-state index in [9.17, 15) is 14.7 Å². The topological polar surface area (TPSA) is 85.3 Å². The summed E-state index contributed by atoms with van der Waals surface area (Å²) in [5, 5.41) is 11.3. The maximum Gasteiger partial charge on any atom is 0.300 e. The minimum absolute atomic E-state index is 0.0350. The summed E-state index contributed by atoms with van der Waals surface area (Å²) in [4.78, 5) is 28.1. The van der Waals surface area contributed by atoms with Crippen molar-refractivity contribution in [2.24, 2.45) is 0 Å². The molecule has 3 aromatic carbocycles. The second-order valence-electron chi connectivity index (χ2n) is 7.97. The van der Waals surface area contributed by atoms with E-state index < -0.39 is 17.7 Å². The van der Waals surface area contributed by atoms with Gasteiger partial charge in [0, 0.05) is 15.7 Å². The number of benzene rings is 3. The number of rotatable bonds is 6. The predicted octanol–water partition coefficient (Wildman–Crippen LogP) is 5.41. The van der Waals surface area contributed by atoms with Gasteiger partial charge in [-0.25, -0.2) is 0 Å². The van der Waals surface area contributed by atoms with E-state index in [1.165, 1.54) is 26.2 Å². The maximum atomic E-state index is 13.3. The highest BCUT2D eigenvalue weighted by Gasteiger charge is 2.47. The van der Waals surface area contributed by atoms with Gasteiger partial charge in [-0.3, -0.25) is 14.5 Å². The molecule has 1 amide bonds. The van der Waals surface area contributed by atoms with E-state index in [4.69, 9.17) is 14.2 Å². The Labute approximate surface area is 211 Å². The Morgan fingerprint density at radius 1 is 0.886 bits per heavy atom. The van der Waals surface area contributed by atoms with Crippen LogP contribution in [0.15, 0.2) is 70.7 Å². The molecule has 0 aromatic heterocycles. The largest absolute Gasteiger partial charge is 0.507 e. The first kappa shape index (κ1) is 24.3. The summed E-state index contributed by atoms with van der Waals surface area (Å²) in [7, 11) is 4.46. The number of nitrogens with zero attached hydrogens (tertiary/aromatic N) is 1. The monoisotopic (exact) mass is 537 g/mol. The summed E-state index contributed by atoms with van der Waals surface area (Å²) in [6.07, 6.45) is 0. The highest BCUT2D eigenvalue weighted by molar-refractivity contribution is 9.10. The van der Waals surface area contributed by atoms with Crippen molar-refractivity contribution >= 4 is 39.1 Å². The fourth-order valence-electron chi connectivity index (χ4n) is 4.14. The maximum absolute atomic E-state index is 13.3. The van der Waals surface area contributed by atoms with E-state index in [1.54, 1.807) is 48.5 Å². The van der Waals surface area contributed by atoms with Crippen molar-refractivity contribution < 1.29 is 28.9 Å². The van der Waals surface area contributed by atoms with Crippen molar-refractivity contribution in [3.63, 3.8) is 0 Å². The quantitative estimate of drug-likeness (QED) is 0.257. The molecule has 3 aromatic rings. The standard InChI is InChI=1S/C27H24BrNO6/c1-15-5-11-19(12-6-15)29-23(17-13-20(33-2)26(35-4)21(14-17)34-3)22(25(31)27(29)32)24(30)16-7-9-18(28)10-8-16/h5-14,23,30H,1-4H3/b24-22+. The number of aliphatic hydroxyl groups excluding tert-OH is 1. The molecular weight excluding hydrogens is 514 g/mol. The van der Waals surface area contributed by atoms with Gasteiger partial charge in [-0.05, 0) is 48.9 Å². The van der Waals surface area contributed by atoms with E-state index >= 15 is 0 Å². The zero-order chi connectivity index (χ0) is 25.3. The molecule has 1 aliphatic heterocycles. The van der Waals surface area contributed by atoms with E-state index in [1.807, 2.05) is 19.1 Å². The van der Waals surface area contributed by atoms with E-state index in [0.717, 1.165) is 10.0 Å². The molecule has 0 bridgehead atoms. The molecule has 7 nitrogen and oxygen atoms in total. The normalized spacial score (nSPS) is 16.9. The van der Waals surface area contributed by atoms with Crippen molar-refractivity contribution in [1.29, 1.82) is 0 Å². The van der Waals surface area contributed by atoms with Gasteiger partial charge in [0.25, 0.3) is 11.7 Å². The van der Waals surface area contributed by atoms with Gasteiger partial charge in [0.05, 0.1) is 32.9 Å². The molecule has 1 aliphatic rings. The minimum atomic E-state index is -0.935. The molecule has 180 valence electrons. The summed E-state index contributed by atoms with van der Waals surface area (Å²) >= 11 is 3.37. The number of carbonyl (C=O) groups excluding carboxylic acids is 2. The highest BCUT2D eigenvalue weighted by atomic mass is 79.9. The summed E-state index contributed by atoms with van der Waals surface area (Å²) in [5.41, 5.74) is 2.41. The molecule has 0 aliphatic carbocycles. The number of ether oxygens (including phenoxy) is 3. The number of aryl methyl sites for hydroxylation is 1. The number of Topliss-reactive ketones (excluding diaryl/α,β-unsaturated/α-hetero) is 1. The van der Waals surface area contributed by atoms with Gasteiger partial charge < -0.3 is 19.3 Å². The number of halogens is 1. The van der Waals surface area contributed by atoms with Crippen LogP contribution in [0.2, 0.25) is 0 Å². The van der Waals surface area contributed by atoms with Crippen molar-refractivity contribution in [2.45, 2.75) is 13.0 Å². The number of methoxy groups -OCH3 is 3. The van der Waals surface area contributed by atoms with Gasteiger partial charge in [0.15, 0.2) is 11.5 Å². The Hall–Kier alpha value is -3.78. The van der Waals surface area contributed by atoms with Crippen LogP contribution in [0, 0.1) is 6.92 Å². The Bertz CT molecular complexity index is 1290. The van der Waals surface area contributed by atoms with Gasteiger partial charge >= 0.3 is 0 Å². The molecular formula is C27H24BrNO6. The Kier molecular flexibility index (Phi) is 6.84. The number of hydrogen-bond donors (Lipinski definition) is 1. The molecule has 4 rings (SSSR count). The first-order valence-electron chi connectivity index (χ1n) is 10.7. The fourth-order valence-corrected chi connectivity index (χ4v) is 4.41. The van der Waals surface area contributed by atoms with E-state index in [-0.39, 0.29) is 11.3 Å². The van der Waals surface area contributed by atoms with E-state index in [0.29, 0.717) is 34.1 Å². The zero-order valence-electron chi connectivity index (χ0n) is 19.7. The Balaban J connectivity index is 2.00. The average Bonchev–Trinajstić information content (AvgIpc) is 3.13. The van der Waals surface area contributed by atoms with Crippen molar-refractivity contribution in [1.82, 2.24) is 0 Å². The Morgan fingerprint density at radius 2 is 1.46 bits per heavy atom. The lowest BCUT2D eigenvalue weighted by molar-refractivity contribution is -0.132. The summed E-state index contributed by atoms with van der Waals surface area (Å²) in [6.45, 7) is 1.93. The molecule has 1 unspecified atom stereocenters. The molecule has 35 heavy (non-hydrogen) atoms. The van der Waals surface area contributed by atoms with Gasteiger partial charge in [-0.2, -0.15) is 0 Å². The van der Waals surface area contributed by atoms with E-state index in [2.05, 4.69) is 15.9 Å². The lowest BCUT2D eigenvalue weighted by Gasteiger charge is -2.26. The molecule has 8 heteroatoms. The SMILES string of the molecule is COc1cc(C2/C(=C(\O)c3ccc(Br)cc3)C(=O)C(=O)N2c2ccc(C)cc2)cc(OC)c1OC. The van der Waals surface area contributed by atoms with Gasteiger partial charge in [0.2, 0.25) is 5.75 Å². The number of amides is 1. The molecule has 0 radical (unpaired) electrons. The van der Waals surface area contributed by atoms with Crippen LogP contribution in [0.25, 0.3) is 5.76 Å². The third-order valence-electron chi connectivity index (χ3n) is 5.88. The van der Waals surface area contributed by atoms with Crippen molar-refractivity contribution in [2.75, 3.05) is 26.2 Å². The smallest absolute Gasteiger partial charge is 0.300 e. The highest BCUT2D eigenvalue weighted by Crippen LogP contribution is 2.47. The molecule has 1 heterocycles. The second-order valence-corrected chi connectivity index (χ2v) is 8.89. The molecule has 1 saturated heterocycles. The number of ketones is 1. The number of aliphatic hydroxyl groups is 1. The zero-order valence-corrected chi connectivity index (χ0v) is 21.3. The lowest BCUT2D eigenvalue weighted by atomic mass is 9.94. The van der Waals surface area contributed by atoms with Crippen LogP contribution in [0.5, 0.6) is 17.2 Å². The van der Waals surface area contributed by atoms with Crippen molar-refractivity contribution in [3.8, 4) is 17.2 Å². The third kappa shape index (κ3) is 4.37. The molecule has 1 N–H and O–H groups in total. The first-order chi connectivity index (χ1) is 16.8. The van der Waals surface area contributed by atoms with Crippen molar-refractivity contribution in [3.05, 3.63) is 87.4 Å². The lowest BCUT2D eigenvalue weighted by Crippen LogP contribution is -2.29. The fraction of sp³-hybridized carbons (Fsp3) is 0.185. The summed E-state index contributed by atoms with van der Waals surface area (Å²) < 4.78 is 17.3. The molecule has 1 fully saturated rings. The summed E-state index contributed by atoms with van der Waals surface area (Å²) in [6, 6.07) is 16.5. The molecule has 0 spiro atoms. The van der Waals surface area contributed by atoms with Crippen LogP contribution < -0.4 is 19.1 Å². The van der Waals surface area contributed by atoms with Crippen LogP contribution in [0.4, 0.5) is 5.69 Å². The first-order valence-corrected chi connectivity index (χ1v) is 11.5. The van der Waals surface area contributed by atoms with Crippen LogP contribution in [0.3, 0.4) is 0 Å². The number of hydrogen-bond acceptors (Lipinski definition) is 6. The van der Waals surface area contributed by atoms with Gasteiger partial charge in [-0.15, -0.1) is 0 Å². The predicted molar refractivity (Wildman–Crippen MR) is 136 cm³/mol. The second kappa shape index (κ2) is 9.84. The molecule has 1 atom stereocenters. The van der Waals surface area contributed by atoms with Crippen LogP contribution in [0.1, 0.15) is 22.7 Å². The third-order valence-corrected chi connectivity index (χ3v) is 6.41. The molecule has 0 saturated carbocycles. The average molecular weight is 538 g/mol. The van der Waals surface area contributed by atoms with Gasteiger partial charge in [-0.1, -0.05) is 45.8 Å². The van der Waals surface area contributed by atoms with Crippen LogP contribution in [-0.4, -0.2) is 38.1 Å². The van der Waals surface area contributed by atoms with Crippen LogP contribution in [-0.2, 0) is 9.59 Å². The number of anilines is 1. The van der Waals surface area contributed by atoms with Crippen LogP contribution >= 0.6 is 15.9 Å². The Morgan fingerprint density at radius 3 is 1.97 bits per heavy atom.